The maximum atomic E-state index is 13.0. The lowest BCUT2D eigenvalue weighted by atomic mass is 10.2. The van der Waals surface area contributed by atoms with Crippen LogP contribution in [0.1, 0.15) is 12.5 Å². The number of hydrogen-bond acceptors (Lipinski definition) is 7. The van der Waals surface area contributed by atoms with E-state index in [0.29, 0.717) is 24.3 Å². The number of hydrazone groups is 1. The lowest BCUT2D eigenvalue weighted by Gasteiger charge is -2.19. The zero-order valence-corrected chi connectivity index (χ0v) is 15.9. The summed E-state index contributed by atoms with van der Waals surface area (Å²) in [6, 6.07) is 15.0. The molecular weight excluding hydrogens is 380 g/mol. The van der Waals surface area contributed by atoms with Crippen LogP contribution < -0.4 is 9.73 Å². The highest BCUT2D eigenvalue weighted by Gasteiger charge is 2.30. The van der Waals surface area contributed by atoms with Crippen molar-refractivity contribution in [1.29, 1.82) is 5.26 Å². The van der Waals surface area contributed by atoms with Crippen LogP contribution in [0.15, 0.2) is 58.5 Å². The summed E-state index contributed by atoms with van der Waals surface area (Å²) < 4.78 is 32.0. The molecule has 0 atom stereocenters. The fraction of sp³-hybridized carbons (Fsp3) is 0.211. The lowest BCUT2D eigenvalue weighted by Crippen LogP contribution is -2.29. The van der Waals surface area contributed by atoms with Crippen molar-refractivity contribution in [2.45, 2.75) is 18.2 Å². The molecule has 0 radical (unpaired) electrons. The van der Waals surface area contributed by atoms with Gasteiger partial charge >= 0.3 is 5.97 Å². The molecule has 0 amide bonds. The second-order valence-corrected chi connectivity index (χ2v) is 7.75. The molecule has 144 valence electrons. The van der Waals surface area contributed by atoms with Gasteiger partial charge in [0.25, 0.3) is 10.0 Å². The van der Waals surface area contributed by atoms with Crippen molar-refractivity contribution in [3.8, 4) is 6.07 Å². The molecule has 0 spiro atoms. The molecule has 2 aromatic rings. The van der Waals surface area contributed by atoms with E-state index in [2.05, 4.69) is 10.5 Å². The van der Waals surface area contributed by atoms with Crippen LogP contribution in [-0.4, -0.2) is 33.3 Å². The normalized spacial score (nSPS) is 13.6. The van der Waals surface area contributed by atoms with Gasteiger partial charge < -0.3 is 4.74 Å². The van der Waals surface area contributed by atoms with Gasteiger partial charge in [0, 0.05) is 6.54 Å². The third kappa shape index (κ3) is 3.82. The molecule has 3 rings (SSSR count). The SMILES string of the molecule is CCOC(=O)C(C#N)=NNc1ccc(S(=O)(=O)N2CCc3ccccc32)cc1. The first-order valence-electron chi connectivity index (χ1n) is 8.59. The number of benzene rings is 2. The van der Waals surface area contributed by atoms with Gasteiger partial charge in [-0.3, -0.25) is 9.73 Å². The van der Waals surface area contributed by atoms with E-state index in [0.717, 1.165) is 5.56 Å². The Labute approximate surface area is 163 Å². The van der Waals surface area contributed by atoms with Crippen molar-refractivity contribution >= 4 is 33.1 Å². The monoisotopic (exact) mass is 398 g/mol. The second-order valence-electron chi connectivity index (χ2n) is 5.88. The zero-order chi connectivity index (χ0) is 20.1. The van der Waals surface area contributed by atoms with Crippen LogP contribution in [0.25, 0.3) is 0 Å². The van der Waals surface area contributed by atoms with E-state index in [1.807, 2.05) is 18.2 Å². The fourth-order valence-corrected chi connectivity index (χ4v) is 4.33. The highest BCUT2D eigenvalue weighted by Crippen LogP contribution is 2.32. The first kappa shape index (κ1) is 19.4. The number of sulfonamides is 1. The Morgan fingerprint density at radius 3 is 2.64 bits per heavy atom. The number of nitriles is 1. The lowest BCUT2D eigenvalue weighted by molar-refractivity contribution is -0.134. The van der Waals surface area contributed by atoms with E-state index in [9.17, 15) is 13.2 Å². The summed E-state index contributed by atoms with van der Waals surface area (Å²) >= 11 is 0. The smallest absolute Gasteiger partial charge is 0.369 e. The molecule has 0 fully saturated rings. The Balaban J connectivity index is 1.78. The second kappa shape index (κ2) is 8.10. The number of nitrogens with one attached hydrogen (secondary N) is 1. The summed E-state index contributed by atoms with van der Waals surface area (Å²) in [4.78, 5) is 11.7. The molecule has 28 heavy (non-hydrogen) atoms. The van der Waals surface area contributed by atoms with Crippen LogP contribution in [0, 0.1) is 11.3 Å². The van der Waals surface area contributed by atoms with E-state index in [-0.39, 0.29) is 11.5 Å². The van der Waals surface area contributed by atoms with Gasteiger partial charge in [0.15, 0.2) is 0 Å². The Bertz CT molecular complexity index is 1060. The minimum absolute atomic E-state index is 0.131. The molecule has 2 aromatic carbocycles. The van der Waals surface area contributed by atoms with Gasteiger partial charge in [0.2, 0.25) is 5.71 Å². The van der Waals surface area contributed by atoms with Crippen LogP contribution in [0.4, 0.5) is 11.4 Å². The Morgan fingerprint density at radius 2 is 1.96 bits per heavy atom. The van der Waals surface area contributed by atoms with E-state index >= 15 is 0 Å². The molecule has 0 saturated heterocycles. The highest BCUT2D eigenvalue weighted by molar-refractivity contribution is 7.92. The maximum Gasteiger partial charge on any atom is 0.369 e. The van der Waals surface area contributed by atoms with Gasteiger partial charge in [-0.15, -0.1) is 0 Å². The molecular formula is C19H18N4O4S. The van der Waals surface area contributed by atoms with Crippen molar-refractivity contribution in [1.82, 2.24) is 0 Å². The average molecular weight is 398 g/mol. The van der Waals surface area contributed by atoms with Gasteiger partial charge in [0.1, 0.15) is 6.07 Å². The van der Waals surface area contributed by atoms with Crippen LogP contribution in [-0.2, 0) is 26.0 Å². The minimum Gasteiger partial charge on any atom is -0.461 e. The molecule has 0 aromatic heterocycles. The Hall–Kier alpha value is -3.38. The Morgan fingerprint density at radius 1 is 1.25 bits per heavy atom. The van der Waals surface area contributed by atoms with E-state index in [1.54, 1.807) is 19.1 Å². The van der Waals surface area contributed by atoms with Crippen molar-refractivity contribution in [2.75, 3.05) is 22.9 Å². The summed E-state index contributed by atoms with van der Waals surface area (Å²) in [6.07, 6.45) is 0.675. The summed E-state index contributed by atoms with van der Waals surface area (Å²) in [7, 11) is -3.68. The van der Waals surface area contributed by atoms with E-state index in [1.165, 1.54) is 28.6 Å². The average Bonchev–Trinajstić information content (AvgIpc) is 3.14. The number of nitrogens with zero attached hydrogens (tertiary/aromatic N) is 3. The number of fused-ring (bicyclic) bond motifs is 1. The number of rotatable bonds is 6. The number of esters is 1. The summed E-state index contributed by atoms with van der Waals surface area (Å²) in [6.45, 7) is 2.15. The molecule has 9 heteroatoms. The molecule has 1 aliphatic heterocycles. The topological polar surface area (TPSA) is 112 Å². The molecule has 1 heterocycles. The molecule has 1 N–H and O–H groups in total. The molecule has 0 aliphatic carbocycles. The minimum atomic E-state index is -3.68. The number of anilines is 2. The van der Waals surface area contributed by atoms with Crippen molar-refractivity contribution in [3.63, 3.8) is 0 Å². The van der Waals surface area contributed by atoms with Crippen LogP contribution >= 0.6 is 0 Å². The highest BCUT2D eigenvalue weighted by atomic mass is 32.2. The molecule has 0 bridgehead atoms. The van der Waals surface area contributed by atoms with Gasteiger partial charge in [-0.05, 0) is 49.2 Å². The largest absolute Gasteiger partial charge is 0.461 e. The number of hydrogen-bond donors (Lipinski definition) is 1. The molecule has 0 unspecified atom stereocenters. The van der Waals surface area contributed by atoms with Crippen molar-refractivity contribution in [2.24, 2.45) is 5.10 Å². The van der Waals surface area contributed by atoms with Crippen LogP contribution in [0.2, 0.25) is 0 Å². The fourth-order valence-electron chi connectivity index (χ4n) is 2.82. The van der Waals surface area contributed by atoms with Crippen molar-refractivity contribution in [3.05, 3.63) is 54.1 Å². The van der Waals surface area contributed by atoms with Gasteiger partial charge in [0.05, 0.1) is 22.9 Å². The number of para-hydroxylation sites is 1. The predicted molar refractivity (Wildman–Crippen MR) is 104 cm³/mol. The number of carbonyl (C=O) groups excluding carboxylic acids is 1. The third-order valence-electron chi connectivity index (χ3n) is 4.16. The standard InChI is InChI=1S/C19H18N4O4S/c1-2-27-19(24)17(13-20)22-21-15-7-9-16(10-8-15)28(25,26)23-12-11-14-5-3-4-6-18(14)23/h3-10,21H,2,11-12H2,1H3. The predicted octanol–water partition coefficient (Wildman–Crippen LogP) is 2.29. The van der Waals surface area contributed by atoms with Gasteiger partial charge in [-0.1, -0.05) is 18.2 Å². The zero-order valence-electron chi connectivity index (χ0n) is 15.1. The number of carbonyl (C=O) groups is 1. The third-order valence-corrected chi connectivity index (χ3v) is 5.99. The van der Waals surface area contributed by atoms with Crippen LogP contribution in [0.5, 0.6) is 0 Å². The summed E-state index contributed by atoms with van der Waals surface area (Å²) in [5.74, 6) is -0.829. The van der Waals surface area contributed by atoms with Crippen LogP contribution in [0.3, 0.4) is 0 Å². The molecule has 0 saturated carbocycles. The molecule has 1 aliphatic rings. The maximum absolute atomic E-state index is 13.0. The first-order chi connectivity index (χ1) is 13.5. The van der Waals surface area contributed by atoms with Gasteiger partial charge in [-0.25, -0.2) is 13.2 Å². The van der Waals surface area contributed by atoms with E-state index in [4.69, 9.17) is 10.00 Å². The van der Waals surface area contributed by atoms with Gasteiger partial charge in [-0.2, -0.15) is 10.4 Å². The first-order valence-corrected chi connectivity index (χ1v) is 10.0. The summed E-state index contributed by atoms with van der Waals surface area (Å²) in [5.41, 5.74) is 4.26. The van der Waals surface area contributed by atoms with Crippen molar-refractivity contribution < 1.29 is 17.9 Å². The van der Waals surface area contributed by atoms with E-state index < -0.39 is 21.7 Å². The summed E-state index contributed by atoms with van der Waals surface area (Å²) in [5, 5.41) is 12.6. The number of ether oxygens (including phenoxy) is 1. The molecule has 8 nitrogen and oxygen atoms in total. The Kier molecular flexibility index (Phi) is 5.61. The quantitative estimate of drug-likeness (QED) is 0.454.